The summed E-state index contributed by atoms with van der Waals surface area (Å²) in [5, 5.41) is 7.10. The molecule has 0 spiro atoms. The monoisotopic (exact) mass is 423 g/mol. The number of carbonyl (C=O) groups is 1. The van der Waals surface area contributed by atoms with Crippen LogP contribution in [0.25, 0.3) is 0 Å². The summed E-state index contributed by atoms with van der Waals surface area (Å²) >= 11 is 0. The third-order valence-corrected chi connectivity index (χ3v) is 4.64. The SMILES string of the molecule is CCOc1ccc(COc2ccc(NC(=O)C(C)n3cc(C)cn3)cc2)cc1OCC. The number of hydrogen-bond donors (Lipinski definition) is 1. The van der Waals surface area contributed by atoms with Crippen molar-refractivity contribution < 1.29 is 19.0 Å². The fourth-order valence-corrected chi connectivity index (χ4v) is 3.00. The van der Waals surface area contributed by atoms with Gasteiger partial charge in [-0.2, -0.15) is 5.10 Å². The molecule has 31 heavy (non-hydrogen) atoms. The zero-order chi connectivity index (χ0) is 22.2. The first-order valence-corrected chi connectivity index (χ1v) is 10.4. The van der Waals surface area contributed by atoms with Gasteiger partial charge in [0.1, 0.15) is 18.4 Å². The topological polar surface area (TPSA) is 74.6 Å². The summed E-state index contributed by atoms with van der Waals surface area (Å²) in [5.41, 5.74) is 2.70. The van der Waals surface area contributed by atoms with E-state index >= 15 is 0 Å². The van der Waals surface area contributed by atoms with Gasteiger partial charge in [-0.05, 0) is 75.2 Å². The lowest BCUT2D eigenvalue weighted by molar-refractivity contribution is -0.119. The fourth-order valence-electron chi connectivity index (χ4n) is 3.00. The lowest BCUT2D eigenvalue weighted by atomic mass is 10.2. The molecule has 1 heterocycles. The molecular weight excluding hydrogens is 394 g/mol. The number of carbonyl (C=O) groups excluding carboxylic acids is 1. The predicted octanol–water partition coefficient (Wildman–Crippen LogP) is 4.77. The summed E-state index contributed by atoms with van der Waals surface area (Å²) in [6.07, 6.45) is 3.58. The van der Waals surface area contributed by atoms with Crippen molar-refractivity contribution in [2.75, 3.05) is 18.5 Å². The molecule has 0 saturated carbocycles. The van der Waals surface area contributed by atoms with Crippen molar-refractivity contribution in [3.63, 3.8) is 0 Å². The van der Waals surface area contributed by atoms with Crippen molar-refractivity contribution in [3.05, 3.63) is 66.0 Å². The fraction of sp³-hybridized carbons (Fsp3) is 0.333. The minimum Gasteiger partial charge on any atom is -0.490 e. The summed E-state index contributed by atoms with van der Waals surface area (Å²) in [6.45, 7) is 9.18. The molecule has 1 unspecified atom stereocenters. The summed E-state index contributed by atoms with van der Waals surface area (Å²) in [4.78, 5) is 12.5. The molecule has 1 atom stereocenters. The minimum absolute atomic E-state index is 0.130. The molecule has 0 fully saturated rings. The second-order valence-electron chi connectivity index (χ2n) is 7.12. The second-order valence-corrected chi connectivity index (χ2v) is 7.12. The van der Waals surface area contributed by atoms with Gasteiger partial charge >= 0.3 is 0 Å². The number of nitrogens with one attached hydrogen (secondary N) is 1. The highest BCUT2D eigenvalue weighted by molar-refractivity contribution is 5.93. The lowest BCUT2D eigenvalue weighted by Crippen LogP contribution is -2.23. The average Bonchev–Trinajstić information content (AvgIpc) is 3.21. The third-order valence-electron chi connectivity index (χ3n) is 4.64. The Balaban J connectivity index is 1.57. The first-order chi connectivity index (χ1) is 15.0. The molecule has 3 aromatic rings. The van der Waals surface area contributed by atoms with Gasteiger partial charge in [-0.1, -0.05) is 6.07 Å². The first kappa shape index (κ1) is 22.2. The van der Waals surface area contributed by atoms with E-state index in [1.165, 1.54) is 0 Å². The van der Waals surface area contributed by atoms with Crippen molar-refractivity contribution in [3.8, 4) is 17.2 Å². The standard InChI is InChI=1S/C24H29N3O4/c1-5-29-22-12-7-19(13-23(22)30-6-2)16-31-21-10-8-20(9-11-21)26-24(28)18(4)27-15-17(3)14-25-27/h7-15,18H,5-6,16H2,1-4H3,(H,26,28). The van der Waals surface area contributed by atoms with Crippen LogP contribution >= 0.6 is 0 Å². The Morgan fingerprint density at radius 2 is 1.74 bits per heavy atom. The number of hydrogen-bond acceptors (Lipinski definition) is 5. The largest absolute Gasteiger partial charge is 0.490 e. The molecule has 7 nitrogen and oxygen atoms in total. The van der Waals surface area contributed by atoms with Crippen molar-refractivity contribution in [1.29, 1.82) is 0 Å². The molecule has 0 radical (unpaired) electrons. The van der Waals surface area contributed by atoms with Crippen molar-refractivity contribution in [1.82, 2.24) is 9.78 Å². The zero-order valence-electron chi connectivity index (χ0n) is 18.4. The van der Waals surface area contributed by atoms with E-state index < -0.39 is 6.04 Å². The maximum atomic E-state index is 12.5. The Morgan fingerprint density at radius 1 is 1.03 bits per heavy atom. The highest BCUT2D eigenvalue weighted by Crippen LogP contribution is 2.29. The molecule has 0 aliphatic carbocycles. The van der Waals surface area contributed by atoms with Gasteiger partial charge < -0.3 is 19.5 Å². The van der Waals surface area contributed by atoms with E-state index in [0.29, 0.717) is 37.0 Å². The van der Waals surface area contributed by atoms with Gasteiger partial charge in [-0.25, -0.2) is 0 Å². The maximum Gasteiger partial charge on any atom is 0.248 e. The van der Waals surface area contributed by atoms with E-state index in [-0.39, 0.29) is 5.91 Å². The molecule has 1 N–H and O–H groups in total. The summed E-state index contributed by atoms with van der Waals surface area (Å²) in [7, 11) is 0. The van der Waals surface area contributed by atoms with Gasteiger partial charge in [0.2, 0.25) is 5.91 Å². The van der Waals surface area contributed by atoms with E-state index in [2.05, 4.69) is 10.4 Å². The van der Waals surface area contributed by atoms with Crippen LogP contribution in [0.1, 0.15) is 37.9 Å². The lowest BCUT2D eigenvalue weighted by Gasteiger charge is -2.14. The Bertz CT molecular complexity index is 998. The normalized spacial score (nSPS) is 11.6. The molecular formula is C24H29N3O4. The first-order valence-electron chi connectivity index (χ1n) is 10.4. The number of ether oxygens (including phenoxy) is 3. The maximum absolute atomic E-state index is 12.5. The number of anilines is 1. The molecule has 0 aliphatic rings. The number of rotatable bonds is 10. The van der Waals surface area contributed by atoms with Crippen LogP contribution in [0, 0.1) is 6.92 Å². The Kier molecular flexibility index (Phi) is 7.54. The van der Waals surface area contributed by atoms with Gasteiger partial charge in [0.25, 0.3) is 0 Å². The van der Waals surface area contributed by atoms with E-state index in [1.807, 2.05) is 76.4 Å². The van der Waals surface area contributed by atoms with Crippen LogP contribution in [-0.2, 0) is 11.4 Å². The minimum atomic E-state index is -0.399. The molecule has 0 bridgehead atoms. The highest BCUT2D eigenvalue weighted by Gasteiger charge is 2.15. The summed E-state index contributed by atoms with van der Waals surface area (Å²) < 4.78 is 18.8. The average molecular weight is 424 g/mol. The second kappa shape index (κ2) is 10.5. The van der Waals surface area contributed by atoms with Crippen molar-refractivity contribution in [2.45, 2.75) is 40.3 Å². The Hall–Kier alpha value is -3.48. The van der Waals surface area contributed by atoms with Crippen LogP contribution < -0.4 is 19.5 Å². The molecule has 164 valence electrons. The van der Waals surface area contributed by atoms with Gasteiger partial charge in [-0.3, -0.25) is 9.48 Å². The van der Waals surface area contributed by atoms with E-state index in [4.69, 9.17) is 14.2 Å². The van der Waals surface area contributed by atoms with Crippen LogP contribution in [0.15, 0.2) is 54.9 Å². The molecule has 3 rings (SSSR count). The van der Waals surface area contributed by atoms with E-state index in [9.17, 15) is 4.79 Å². The Morgan fingerprint density at radius 3 is 2.39 bits per heavy atom. The van der Waals surface area contributed by atoms with E-state index in [0.717, 1.165) is 16.9 Å². The molecule has 7 heteroatoms. The number of aromatic nitrogens is 2. The van der Waals surface area contributed by atoms with Gasteiger partial charge in [0.15, 0.2) is 11.5 Å². The van der Waals surface area contributed by atoms with Crippen LogP contribution in [0.4, 0.5) is 5.69 Å². The number of benzene rings is 2. The van der Waals surface area contributed by atoms with Crippen molar-refractivity contribution >= 4 is 11.6 Å². The van der Waals surface area contributed by atoms with Gasteiger partial charge in [0, 0.05) is 11.9 Å². The Labute approximate surface area is 182 Å². The van der Waals surface area contributed by atoms with Gasteiger partial charge in [0.05, 0.1) is 19.4 Å². The smallest absolute Gasteiger partial charge is 0.248 e. The number of amides is 1. The van der Waals surface area contributed by atoms with Crippen LogP contribution in [0.5, 0.6) is 17.2 Å². The van der Waals surface area contributed by atoms with Crippen LogP contribution in [0.3, 0.4) is 0 Å². The molecule has 2 aromatic carbocycles. The van der Waals surface area contributed by atoms with Crippen molar-refractivity contribution in [2.24, 2.45) is 0 Å². The zero-order valence-corrected chi connectivity index (χ0v) is 18.4. The number of nitrogens with zero attached hydrogens (tertiary/aromatic N) is 2. The quantitative estimate of drug-likeness (QED) is 0.509. The summed E-state index contributed by atoms with van der Waals surface area (Å²) in [5.74, 6) is 2.02. The van der Waals surface area contributed by atoms with Crippen LogP contribution in [0.2, 0.25) is 0 Å². The van der Waals surface area contributed by atoms with Gasteiger partial charge in [-0.15, -0.1) is 0 Å². The predicted molar refractivity (Wildman–Crippen MR) is 120 cm³/mol. The molecule has 0 saturated heterocycles. The van der Waals surface area contributed by atoms with Crippen LogP contribution in [-0.4, -0.2) is 28.9 Å². The third kappa shape index (κ3) is 6.01. The van der Waals surface area contributed by atoms with E-state index in [1.54, 1.807) is 10.9 Å². The molecule has 0 aliphatic heterocycles. The highest BCUT2D eigenvalue weighted by atomic mass is 16.5. The molecule has 1 aromatic heterocycles. The summed E-state index contributed by atoms with van der Waals surface area (Å²) in [6, 6.07) is 12.7. The number of aryl methyl sites for hydroxylation is 1. The molecule has 1 amide bonds.